The number of aliphatic hydroxyl groups excluding tert-OH is 1. The van der Waals surface area contributed by atoms with Gasteiger partial charge in [-0.15, -0.1) is 0 Å². The maximum Gasteiger partial charge on any atom is 0.186 e. The third-order valence-corrected chi connectivity index (χ3v) is 5.02. The highest BCUT2D eigenvalue weighted by Gasteiger charge is 2.39. The standard InChI is InChI=1S/C16H28N2O2S/c1-7-11(2)13-12(8-19)21-14(17-13)18-9-15(3,4)20-16(5,6)10-18/h11,19H,7-10H2,1-6H3. The van der Waals surface area contributed by atoms with E-state index in [-0.39, 0.29) is 17.8 Å². The van der Waals surface area contributed by atoms with E-state index < -0.39 is 0 Å². The van der Waals surface area contributed by atoms with Crippen molar-refractivity contribution in [3.63, 3.8) is 0 Å². The molecule has 1 aliphatic heterocycles. The minimum absolute atomic E-state index is 0.0778. The Morgan fingerprint density at radius 1 is 1.29 bits per heavy atom. The zero-order chi connectivity index (χ0) is 15.8. The third-order valence-electron chi connectivity index (χ3n) is 3.91. The smallest absolute Gasteiger partial charge is 0.186 e. The second kappa shape index (κ2) is 5.86. The zero-order valence-corrected chi connectivity index (χ0v) is 14.9. The Morgan fingerprint density at radius 3 is 2.33 bits per heavy atom. The number of hydrogen-bond donors (Lipinski definition) is 1. The molecule has 21 heavy (non-hydrogen) atoms. The fourth-order valence-electron chi connectivity index (χ4n) is 3.10. The summed E-state index contributed by atoms with van der Waals surface area (Å²) >= 11 is 1.62. The van der Waals surface area contributed by atoms with Gasteiger partial charge in [0.05, 0.1) is 28.4 Å². The summed E-state index contributed by atoms with van der Waals surface area (Å²) in [5.74, 6) is 0.388. The van der Waals surface area contributed by atoms with Gasteiger partial charge in [-0.05, 0) is 40.0 Å². The van der Waals surface area contributed by atoms with Crippen molar-refractivity contribution in [1.29, 1.82) is 0 Å². The van der Waals surface area contributed by atoms with Gasteiger partial charge in [0.1, 0.15) is 0 Å². The van der Waals surface area contributed by atoms with Crippen molar-refractivity contribution in [3.8, 4) is 0 Å². The molecule has 120 valence electrons. The molecule has 1 aromatic rings. The Bertz CT molecular complexity index is 480. The maximum atomic E-state index is 9.61. The Balaban J connectivity index is 2.31. The number of nitrogens with zero attached hydrogens (tertiary/aromatic N) is 2. The van der Waals surface area contributed by atoms with Crippen molar-refractivity contribution in [1.82, 2.24) is 4.98 Å². The molecular formula is C16H28N2O2S. The van der Waals surface area contributed by atoms with Crippen LogP contribution in [0.3, 0.4) is 0 Å². The fraction of sp³-hybridized carbons (Fsp3) is 0.812. The summed E-state index contributed by atoms with van der Waals surface area (Å²) in [7, 11) is 0. The van der Waals surface area contributed by atoms with Crippen LogP contribution < -0.4 is 4.90 Å². The summed E-state index contributed by atoms with van der Waals surface area (Å²) in [6.45, 7) is 14.6. The minimum atomic E-state index is -0.191. The van der Waals surface area contributed by atoms with Crippen LogP contribution in [0.4, 0.5) is 5.13 Å². The lowest BCUT2D eigenvalue weighted by Crippen LogP contribution is -2.57. The molecule has 0 amide bonds. The monoisotopic (exact) mass is 312 g/mol. The number of aliphatic hydroxyl groups is 1. The molecule has 0 bridgehead atoms. The van der Waals surface area contributed by atoms with E-state index in [2.05, 4.69) is 46.4 Å². The average molecular weight is 312 g/mol. The first-order valence-electron chi connectivity index (χ1n) is 7.73. The van der Waals surface area contributed by atoms with Gasteiger partial charge < -0.3 is 14.7 Å². The molecule has 0 spiro atoms. The summed E-state index contributed by atoms with van der Waals surface area (Å²) < 4.78 is 6.13. The van der Waals surface area contributed by atoms with E-state index in [1.54, 1.807) is 11.3 Å². The highest BCUT2D eigenvalue weighted by molar-refractivity contribution is 7.15. The number of morpholine rings is 1. The molecule has 1 fully saturated rings. The lowest BCUT2D eigenvalue weighted by molar-refractivity contribution is -0.133. The van der Waals surface area contributed by atoms with Crippen molar-refractivity contribution in [2.24, 2.45) is 0 Å². The van der Waals surface area contributed by atoms with Gasteiger partial charge >= 0.3 is 0 Å². The number of aromatic nitrogens is 1. The van der Waals surface area contributed by atoms with Crippen LogP contribution in [-0.2, 0) is 11.3 Å². The van der Waals surface area contributed by atoms with Crippen molar-refractivity contribution < 1.29 is 9.84 Å². The van der Waals surface area contributed by atoms with Gasteiger partial charge in [-0.3, -0.25) is 0 Å². The van der Waals surface area contributed by atoms with Crippen molar-refractivity contribution >= 4 is 16.5 Å². The first-order chi connectivity index (χ1) is 9.67. The van der Waals surface area contributed by atoms with E-state index in [9.17, 15) is 5.11 Å². The van der Waals surface area contributed by atoms with Crippen LogP contribution in [0.1, 0.15) is 64.5 Å². The van der Waals surface area contributed by atoms with Crippen LogP contribution in [0.2, 0.25) is 0 Å². The summed E-state index contributed by atoms with van der Waals surface area (Å²) in [6.07, 6.45) is 1.04. The number of anilines is 1. The number of rotatable bonds is 4. The maximum absolute atomic E-state index is 9.61. The average Bonchev–Trinajstić information content (AvgIpc) is 2.78. The molecule has 2 heterocycles. The van der Waals surface area contributed by atoms with Gasteiger partial charge in [-0.25, -0.2) is 4.98 Å². The molecule has 2 rings (SSSR count). The number of ether oxygens (including phenoxy) is 1. The lowest BCUT2D eigenvalue weighted by Gasteiger charge is -2.47. The summed E-state index contributed by atoms with van der Waals surface area (Å²) in [6, 6.07) is 0. The molecule has 1 saturated heterocycles. The third kappa shape index (κ3) is 3.76. The highest BCUT2D eigenvalue weighted by atomic mass is 32.1. The summed E-state index contributed by atoms with van der Waals surface area (Å²) in [4.78, 5) is 8.14. The van der Waals surface area contributed by atoms with Crippen LogP contribution in [0.5, 0.6) is 0 Å². The van der Waals surface area contributed by atoms with E-state index in [4.69, 9.17) is 9.72 Å². The van der Waals surface area contributed by atoms with Crippen LogP contribution >= 0.6 is 11.3 Å². The molecule has 0 aliphatic carbocycles. The second-order valence-electron chi connectivity index (χ2n) is 7.25. The molecule has 0 saturated carbocycles. The largest absolute Gasteiger partial charge is 0.391 e. The summed E-state index contributed by atoms with van der Waals surface area (Å²) in [5, 5.41) is 10.6. The van der Waals surface area contributed by atoms with E-state index >= 15 is 0 Å². The van der Waals surface area contributed by atoms with E-state index in [0.717, 1.165) is 35.2 Å². The zero-order valence-electron chi connectivity index (χ0n) is 14.1. The predicted molar refractivity (Wildman–Crippen MR) is 88.2 cm³/mol. The normalized spacial score (nSPS) is 22.3. The van der Waals surface area contributed by atoms with Gasteiger partial charge in [0.15, 0.2) is 5.13 Å². The van der Waals surface area contributed by atoms with Crippen molar-refractivity contribution in [2.75, 3.05) is 18.0 Å². The fourth-order valence-corrected chi connectivity index (χ4v) is 4.14. The van der Waals surface area contributed by atoms with E-state index in [1.165, 1.54) is 0 Å². The quantitative estimate of drug-likeness (QED) is 0.923. The molecule has 4 nitrogen and oxygen atoms in total. The molecular weight excluding hydrogens is 284 g/mol. The summed E-state index contributed by atoms with van der Waals surface area (Å²) in [5.41, 5.74) is 0.675. The Kier molecular flexibility index (Phi) is 4.66. The first kappa shape index (κ1) is 16.7. The van der Waals surface area contributed by atoms with Gasteiger partial charge in [0, 0.05) is 13.1 Å². The van der Waals surface area contributed by atoms with Crippen molar-refractivity contribution in [3.05, 3.63) is 10.6 Å². The highest BCUT2D eigenvalue weighted by Crippen LogP contribution is 2.36. The molecule has 5 heteroatoms. The van der Waals surface area contributed by atoms with Crippen molar-refractivity contribution in [2.45, 2.75) is 71.7 Å². The molecule has 1 atom stereocenters. The molecule has 1 N–H and O–H groups in total. The van der Waals surface area contributed by atoms with Gasteiger partial charge in [0.25, 0.3) is 0 Å². The Morgan fingerprint density at radius 2 is 1.86 bits per heavy atom. The Labute approximate surface area is 132 Å². The molecule has 1 aromatic heterocycles. The van der Waals surface area contributed by atoms with Crippen LogP contribution in [-0.4, -0.2) is 34.4 Å². The number of thiazole rings is 1. The van der Waals surface area contributed by atoms with Crippen LogP contribution in [0.25, 0.3) is 0 Å². The minimum Gasteiger partial charge on any atom is -0.391 e. The van der Waals surface area contributed by atoms with E-state index in [0.29, 0.717) is 5.92 Å². The van der Waals surface area contributed by atoms with Crippen LogP contribution in [0.15, 0.2) is 0 Å². The van der Waals surface area contributed by atoms with Gasteiger partial charge in [-0.2, -0.15) is 0 Å². The van der Waals surface area contributed by atoms with E-state index in [1.807, 2.05) is 0 Å². The SMILES string of the molecule is CCC(C)c1nc(N2CC(C)(C)OC(C)(C)C2)sc1CO. The molecule has 0 aromatic carbocycles. The number of hydrogen-bond acceptors (Lipinski definition) is 5. The second-order valence-corrected chi connectivity index (χ2v) is 8.31. The van der Waals surface area contributed by atoms with Gasteiger partial charge in [0.2, 0.25) is 0 Å². The van der Waals surface area contributed by atoms with Gasteiger partial charge in [-0.1, -0.05) is 25.2 Å². The molecule has 1 unspecified atom stereocenters. The predicted octanol–water partition coefficient (Wildman–Crippen LogP) is 3.54. The molecule has 1 aliphatic rings. The van der Waals surface area contributed by atoms with Crippen LogP contribution in [0, 0.1) is 0 Å². The topological polar surface area (TPSA) is 45.6 Å². The molecule has 0 radical (unpaired) electrons. The first-order valence-corrected chi connectivity index (χ1v) is 8.54. The Hall–Kier alpha value is -0.650. The lowest BCUT2D eigenvalue weighted by atomic mass is 9.99.